The quantitative estimate of drug-likeness (QED) is 0.441. The molecule has 0 bridgehead atoms. The third-order valence-corrected chi connectivity index (χ3v) is 5.74. The van der Waals surface area contributed by atoms with Crippen molar-refractivity contribution in [1.29, 1.82) is 0 Å². The van der Waals surface area contributed by atoms with E-state index in [9.17, 15) is 13.6 Å². The second kappa shape index (κ2) is 6.25. The number of hydrogen-bond donors (Lipinski definition) is 0. The van der Waals surface area contributed by atoms with Crippen LogP contribution < -0.4 is 5.69 Å². The van der Waals surface area contributed by atoms with Gasteiger partial charge in [-0.2, -0.15) is 0 Å². The first kappa shape index (κ1) is 17.4. The lowest BCUT2D eigenvalue weighted by molar-refractivity contribution is 0.0869. The van der Waals surface area contributed by atoms with Crippen LogP contribution in [0.25, 0.3) is 11.0 Å². The average molecular weight is 393 g/mol. The molecule has 1 aromatic carbocycles. The molecular weight excluding hydrogens is 374 g/mol. The van der Waals surface area contributed by atoms with Crippen molar-refractivity contribution in [2.45, 2.75) is 32.4 Å². The molecule has 1 aromatic heterocycles. The number of aromatic nitrogens is 2. The van der Waals surface area contributed by atoms with Gasteiger partial charge in [-0.05, 0) is 28.0 Å². The van der Waals surface area contributed by atoms with Crippen molar-refractivity contribution in [2.75, 3.05) is 6.61 Å². The summed E-state index contributed by atoms with van der Waals surface area (Å²) >= 11 is 2.95. The average Bonchev–Trinajstić information content (AvgIpc) is 2.65. The molecule has 0 spiro atoms. The predicted octanol–water partition coefficient (Wildman–Crippen LogP) is 3.69. The fourth-order valence-corrected chi connectivity index (χ4v) is 3.31. The first-order valence-corrected chi connectivity index (χ1v) is 11.4. The van der Waals surface area contributed by atoms with Crippen LogP contribution in [0.1, 0.15) is 0 Å². The van der Waals surface area contributed by atoms with Gasteiger partial charge in [-0.25, -0.2) is 13.6 Å². The Kier molecular flexibility index (Phi) is 4.93. The van der Waals surface area contributed by atoms with E-state index in [0.717, 1.165) is 21.2 Å². The molecule has 0 unspecified atom stereocenters. The third kappa shape index (κ3) is 3.33. The maximum Gasteiger partial charge on any atom is 0.330 e. The highest BCUT2D eigenvalue weighted by atomic mass is 79.9. The molecule has 122 valence electrons. The second-order valence-corrected chi connectivity index (χ2v) is 12.9. The SMILES string of the molecule is Cn1c(=O)n(COCC[Si](C)(C)C)c2c(F)cc(Br)c(F)c21. The Morgan fingerprint density at radius 2 is 1.91 bits per heavy atom. The fraction of sp³-hybridized carbons (Fsp3) is 0.500. The smallest absolute Gasteiger partial charge is 0.330 e. The molecular formula is C14H19BrF2N2O2Si. The minimum atomic E-state index is -1.24. The summed E-state index contributed by atoms with van der Waals surface area (Å²) in [6, 6.07) is 1.96. The standard InChI is InChI=1S/C14H19BrF2N2O2Si/c1-18-13-11(17)9(15)7-10(16)12(13)19(14(18)20)8-21-5-6-22(2,3)4/h7H,5-6,8H2,1-4H3. The molecule has 4 nitrogen and oxygen atoms in total. The van der Waals surface area contributed by atoms with Crippen LogP contribution in [-0.2, 0) is 18.5 Å². The van der Waals surface area contributed by atoms with E-state index in [-0.39, 0.29) is 22.2 Å². The Morgan fingerprint density at radius 1 is 1.27 bits per heavy atom. The van der Waals surface area contributed by atoms with Crippen molar-refractivity contribution in [3.05, 3.63) is 32.7 Å². The molecule has 0 amide bonds. The molecule has 0 aliphatic heterocycles. The van der Waals surface area contributed by atoms with Gasteiger partial charge in [0.05, 0.1) is 4.47 Å². The van der Waals surface area contributed by atoms with E-state index in [2.05, 4.69) is 35.6 Å². The zero-order valence-corrected chi connectivity index (χ0v) is 15.6. The maximum absolute atomic E-state index is 14.2. The minimum Gasteiger partial charge on any atom is -0.361 e. The van der Waals surface area contributed by atoms with Crippen molar-refractivity contribution < 1.29 is 13.5 Å². The van der Waals surface area contributed by atoms with Crippen LogP contribution >= 0.6 is 15.9 Å². The van der Waals surface area contributed by atoms with E-state index in [4.69, 9.17) is 4.74 Å². The third-order valence-electron chi connectivity index (χ3n) is 3.46. The van der Waals surface area contributed by atoms with Crippen molar-refractivity contribution in [2.24, 2.45) is 7.05 Å². The summed E-state index contributed by atoms with van der Waals surface area (Å²) in [7, 11) is 0.172. The van der Waals surface area contributed by atoms with Crippen molar-refractivity contribution in [1.82, 2.24) is 9.13 Å². The fourth-order valence-electron chi connectivity index (χ4n) is 2.16. The number of benzene rings is 1. The summed E-state index contributed by atoms with van der Waals surface area (Å²) in [6.07, 6.45) is 0. The van der Waals surface area contributed by atoms with Crippen LogP contribution in [-0.4, -0.2) is 23.8 Å². The molecule has 22 heavy (non-hydrogen) atoms. The van der Waals surface area contributed by atoms with Gasteiger partial charge in [0.15, 0.2) is 11.6 Å². The molecule has 0 N–H and O–H groups in total. The lowest BCUT2D eigenvalue weighted by Crippen LogP contribution is -2.25. The van der Waals surface area contributed by atoms with Gasteiger partial charge < -0.3 is 4.74 Å². The monoisotopic (exact) mass is 392 g/mol. The summed E-state index contributed by atoms with van der Waals surface area (Å²) in [5.74, 6) is -1.31. The van der Waals surface area contributed by atoms with Crippen LogP contribution in [0.3, 0.4) is 0 Å². The van der Waals surface area contributed by atoms with Crippen LogP contribution in [0.5, 0.6) is 0 Å². The Bertz CT molecular complexity index is 765. The van der Waals surface area contributed by atoms with Gasteiger partial charge in [0, 0.05) is 21.7 Å². The van der Waals surface area contributed by atoms with E-state index < -0.39 is 25.4 Å². The van der Waals surface area contributed by atoms with Crippen LogP contribution in [0.4, 0.5) is 8.78 Å². The molecule has 0 atom stereocenters. The molecule has 8 heteroatoms. The maximum atomic E-state index is 14.2. The number of nitrogens with zero attached hydrogens (tertiary/aromatic N) is 2. The summed E-state index contributed by atoms with van der Waals surface area (Å²) in [4.78, 5) is 12.2. The van der Waals surface area contributed by atoms with E-state index in [0.29, 0.717) is 6.61 Å². The van der Waals surface area contributed by atoms with Gasteiger partial charge in [-0.1, -0.05) is 19.6 Å². The van der Waals surface area contributed by atoms with E-state index in [1.54, 1.807) is 0 Å². The van der Waals surface area contributed by atoms with Gasteiger partial charge in [0.2, 0.25) is 0 Å². The van der Waals surface area contributed by atoms with Gasteiger partial charge in [-0.3, -0.25) is 9.13 Å². The first-order chi connectivity index (χ1) is 10.1. The van der Waals surface area contributed by atoms with Gasteiger partial charge in [0.1, 0.15) is 17.8 Å². The van der Waals surface area contributed by atoms with Gasteiger partial charge in [-0.15, -0.1) is 0 Å². The van der Waals surface area contributed by atoms with Crippen molar-refractivity contribution in [3.8, 4) is 0 Å². The normalized spacial score (nSPS) is 12.3. The van der Waals surface area contributed by atoms with Gasteiger partial charge in [0.25, 0.3) is 0 Å². The lowest BCUT2D eigenvalue weighted by Gasteiger charge is -2.15. The minimum absolute atomic E-state index is 0.00935. The largest absolute Gasteiger partial charge is 0.361 e. The molecule has 2 rings (SSSR count). The summed E-state index contributed by atoms with van der Waals surface area (Å²) in [6.45, 7) is 7.06. The lowest BCUT2D eigenvalue weighted by atomic mass is 10.3. The number of rotatable bonds is 5. The summed E-state index contributed by atoms with van der Waals surface area (Å²) in [5, 5.41) is 0. The topological polar surface area (TPSA) is 36.2 Å². The Balaban J connectivity index is 2.37. The summed E-state index contributed by atoms with van der Waals surface area (Å²) < 4.78 is 36.0. The van der Waals surface area contributed by atoms with E-state index in [1.165, 1.54) is 7.05 Å². The molecule has 0 aliphatic carbocycles. The number of ether oxygens (including phenoxy) is 1. The van der Waals surface area contributed by atoms with Crippen LogP contribution in [0.15, 0.2) is 15.3 Å². The molecule has 0 fully saturated rings. The Labute approximate surface area is 136 Å². The zero-order chi connectivity index (χ0) is 16.7. The van der Waals surface area contributed by atoms with Crippen molar-refractivity contribution >= 4 is 35.0 Å². The first-order valence-electron chi connectivity index (χ1n) is 6.94. The molecule has 0 saturated heterocycles. The molecule has 0 saturated carbocycles. The number of imidazole rings is 1. The summed E-state index contributed by atoms with van der Waals surface area (Å²) in [5.41, 5.74) is -0.634. The highest BCUT2D eigenvalue weighted by Crippen LogP contribution is 2.27. The molecule has 2 aromatic rings. The Hall–Kier alpha value is -0.993. The van der Waals surface area contributed by atoms with Crippen LogP contribution in [0, 0.1) is 11.6 Å². The number of fused-ring (bicyclic) bond motifs is 1. The zero-order valence-electron chi connectivity index (χ0n) is 13.0. The van der Waals surface area contributed by atoms with Gasteiger partial charge >= 0.3 is 5.69 Å². The van der Waals surface area contributed by atoms with Crippen LogP contribution in [0.2, 0.25) is 25.7 Å². The number of halogens is 3. The highest BCUT2D eigenvalue weighted by Gasteiger charge is 2.21. The highest BCUT2D eigenvalue weighted by molar-refractivity contribution is 9.10. The molecule has 1 heterocycles. The van der Waals surface area contributed by atoms with E-state index >= 15 is 0 Å². The second-order valence-electron chi connectivity index (χ2n) is 6.47. The van der Waals surface area contributed by atoms with E-state index in [1.807, 2.05) is 0 Å². The number of hydrogen-bond acceptors (Lipinski definition) is 2. The molecule has 0 aliphatic rings. The van der Waals surface area contributed by atoms with Crippen molar-refractivity contribution in [3.63, 3.8) is 0 Å². The number of aryl methyl sites for hydroxylation is 1. The molecule has 0 radical (unpaired) electrons. The Morgan fingerprint density at radius 3 is 2.50 bits per heavy atom. The predicted molar refractivity (Wildman–Crippen MR) is 88.9 cm³/mol.